The number of primary amides is 1. The lowest BCUT2D eigenvalue weighted by atomic mass is 10.00. The van der Waals surface area contributed by atoms with Gasteiger partial charge in [-0.1, -0.05) is 0 Å². The first kappa shape index (κ1) is 23.6. The molecule has 1 aromatic heterocycles. The number of anilines is 1. The van der Waals surface area contributed by atoms with Crippen LogP contribution in [-0.4, -0.2) is 16.8 Å². The van der Waals surface area contributed by atoms with Crippen molar-refractivity contribution in [2.75, 3.05) is 5.32 Å². The number of carbonyl (C=O) groups excluding carboxylic acids is 2. The normalized spacial score (nSPS) is 11.2. The van der Waals surface area contributed by atoms with Crippen molar-refractivity contribution in [2.24, 2.45) is 5.73 Å². The largest absolute Gasteiger partial charge is 0.456 e. The second-order valence-electron chi connectivity index (χ2n) is 6.95. The molecule has 0 spiro atoms. The highest BCUT2D eigenvalue weighted by atomic mass is 19.4. The third kappa shape index (κ3) is 4.92. The number of hydrogen-bond donors (Lipinski definition) is 2. The van der Waals surface area contributed by atoms with Gasteiger partial charge in [0.05, 0.1) is 23.0 Å². The minimum absolute atomic E-state index is 0.0665. The summed E-state index contributed by atoms with van der Waals surface area (Å²) in [7, 11) is 0. The van der Waals surface area contributed by atoms with Crippen LogP contribution in [0.3, 0.4) is 0 Å². The van der Waals surface area contributed by atoms with Crippen molar-refractivity contribution >= 4 is 17.5 Å². The van der Waals surface area contributed by atoms with Crippen molar-refractivity contribution < 1.29 is 36.3 Å². The molecule has 0 atom stereocenters. The first-order chi connectivity index (χ1) is 15.4. The average Bonchev–Trinajstić information content (AvgIpc) is 2.73. The molecule has 0 aliphatic heterocycles. The zero-order chi connectivity index (χ0) is 24.5. The van der Waals surface area contributed by atoms with Crippen LogP contribution in [0.25, 0.3) is 0 Å². The Labute approximate surface area is 184 Å². The maximum Gasteiger partial charge on any atom is 0.416 e. The van der Waals surface area contributed by atoms with Crippen LogP contribution in [0.2, 0.25) is 0 Å². The summed E-state index contributed by atoms with van der Waals surface area (Å²) in [5, 5.41) is 2.37. The molecule has 0 unspecified atom stereocenters. The number of hydrogen-bond acceptors (Lipinski definition) is 4. The Hall–Kier alpha value is -4.02. The van der Waals surface area contributed by atoms with Crippen molar-refractivity contribution in [3.63, 3.8) is 0 Å². The van der Waals surface area contributed by atoms with E-state index in [4.69, 9.17) is 10.5 Å². The van der Waals surface area contributed by atoms with Gasteiger partial charge >= 0.3 is 6.18 Å². The molecule has 2 amide bonds. The molecule has 0 radical (unpaired) electrons. The van der Waals surface area contributed by atoms with E-state index in [1.54, 1.807) is 0 Å². The molecule has 3 rings (SSSR count). The number of benzene rings is 2. The Kier molecular flexibility index (Phi) is 6.34. The number of aromatic nitrogens is 1. The van der Waals surface area contributed by atoms with Gasteiger partial charge in [-0.05, 0) is 55.8 Å². The molecule has 33 heavy (non-hydrogen) atoms. The average molecular weight is 465 g/mol. The van der Waals surface area contributed by atoms with E-state index >= 15 is 0 Å². The van der Waals surface area contributed by atoms with Crippen LogP contribution in [0.1, 0.15) is 37.5 Å². The molecule has 3 N–H and O–H groups in total. The summed E-state index contributed by atoms with van der Waals surface area (Å²) in [6.45, 7) is 2.30. The van der Waals surface area contributed by atoms with Gasteiger partial charge in [-0.25, -0.2) is 13.8 Å². The third-order valence-corrected chi connectivity index (χ3v) is 4.74. The highest BCUT2D eigenvalue weighted by molar-refractivity contribution is 6.07. The van der Waals surface area contributed by atoms with E-state index in [0.29, 0.717) is 0 Å². The zero-order valence-electron chi connectivity index (χ0n) is 17.2. The second-order valence-corrected chi connectivity index (χ2v) is 6.95. The summed E-state index contributed by atoms with van der Waals surface area (Å²) in [5.41, 5.74) is 2.85. The van der Waals surface area contributed by atoms with E-state index in [1.165, 1.54) is 19.1 Å². The molecule has 3 aromatic rings. The van der Waals surface area contributed by atoms with Crippen LogP contribution in [0.4, 0.5) is 27.6 Å². The number of halogens is 5. The topological polar surface area (TPSA) is 94.3 Å². The molecule has 0 aliphatic carbocycles. The SMILES string of the molecule is Cc1c(Oc2ccc(C(F)(F)F)c(C)c2C(=O)Nc2ccc(C(N)=O)nc2)ccc(F)c1F. The highest BCUT2D eigenvalue weighted by Crippen LogP contribution is 2.38. The van der Waals surface area contributed by atoms with E-state index in [1.807, 2.05) is 0 Å². The van der Waals surface area contributed by atoms with Crippen molar-refractivity contribution in [1.82, 2.24) is 4.98 Å². The molecule has 0 saturated carbocycles. The Bertz CT molecular complexity index is 1240. The second kappa shape index (κ2) is 8.85. The fraction of sp³-hybridized carbons (Fsp3) is 0.136. The van der Waals surface area contributed by atoms with Gasteiger partial charge in [0, 0.05) is 5.56 Å². The Morgan fingerprint density at radius 1 is 0.970 bits per heavy atom. The van der Waals surface area contributed by atoms with Gasteiger partial charge in [0.25, 0.3) is 11.8 Å². The predicted molar refractivity (Wildman–Crippen MR) is 108 cm³/mol. The number of nitrogens with two attached hydrogens (primary N) is 1. The molecule has 6 nitrogen and oxygen atoms in total. The summed E-state index contributed by atoms with van der Waals surface area (Å²) in [6.07, 6.45) is -3.67. The van der Waals surface area contributed by atoms with E-state index in [9.17, 15) is 31.5 Å². The zero-order valence-corrected chi connectivity index (χ0v) is 17.2. The van der Waals surface area contributed by atoms with E-state index in [0.717, 1.165) is 37.4 Å². The number of rotatable bonds is 5. The number of pyridine rings is 1. The predicted octanol–water partition coefficient (Wildman–Crippen LogP) is 5.14. The van der Waals surface area contributed by atoms with Crippen LogP contribution in [0.15, 0.2) is 42.6 Å². The van der Waals surface area contributed by atoms with Crippen LogP contribution < -0.4 is 15.8 Å². The fourth-order valence-electron chi connectivity index (χ4n) is 3.03. The fourth-order valence-corrected chi connectivity index (χ4v) is 3.03. The monoisotopic (exact) mass is 465 g/mol. The Morgan fingerprint density at radius 3 is 2.21 bits per heavy atom. The lowest BCUT2D eigenvalue weighted by Gasteiger charge is -2.19. The molecule has 0 saturated heterocycles. The minimum Gasteiger partial charge on any atom is -0.456 e. The Balaban J connectivity index is 2.06. The van der Waals surface area contributed by atoms with E-state index in [2.05, 4.69) is 10.3 Å². The summed E-state index contributed by atoms with van der Waals surface area (Å²) < 4.78 is 73.2. The smallest absolute Gasteiger partial charge is 0.416 e. The number of amides is 2. The van der Waals surface area contributed by atoms with Gasteiger partial charge in [0.1, 0.15) is 17.2 Å². The molecular weight excluding hydrogens is 449 g/mol. The van der Waals surface area contributed by atoms with Crippen molar-refractivity contribution in [3.8, 4) is 11.5 Å². The van der Waals surface area contributed by atoms with Gasteiger partial charge < -0.3 is 15.8 Å². The third-order valence-electron chi connectivity index (χ3n) is 4.74. The molecule has 0 bridgehead atoms. The summed E-state index contributed by atoms with van der Waals surface area (Å²) in [6, 6.07) is 6.03. The van der Waals surface area contributed by atoms with Gasteiger partial charge in [-0.15, -0.1) is 0 Å². The maximum atomic E-state index is 13.9. The molecule has 172 valence electrons. The van der Waals surface area contributed by atoms with Crippen LogP contribution in [0.5, 0.6) is 11.5 Å². The summed E-state index contributed by atoms with van der Waals surface area (Å²) >= 11 is 0. The molecular formula is C22H16F5N3O3. The molecule has 2 aromatic carbocycles. The minimum atomic E-state index is -4.76. The van der Waals surface area contributed by atoms with E-state index in [-0.39, 0.29) is 28.4 Å². The molecule has 0 fully saturated rings. The number of nitrogens with one attached hydrogen (secondary N) is 1. The Morgan fingerprint density at radius 2 is 1.64 bits per heavy atom. The number of ether oxygens (including phenoxy) is 1. The first-order valence-corrected chi connectivity index (χ1v) is 9.30. The van der Waals surface area contributed by atoms with Gasteiger partial charge in [-0.3, -0.25) is 9.59 Å². The quantitative estimate of drug-likeness (QED) is 0.511. The van der Waals surface area contributed by atoms with Crippen molar-refractivity contribution in [1.29, 1.82) is 0 Å². The molecule has 0 aliphatic rings. The number of carbonyl (C=O) groups is 2. The van der Waals surface area contributed by atoms with Gasteiger partial charge in [0.2, 0.25) is 0 Å². The van der Waals surface area contributed by atoms with Crippen LogP contribution in [0, 0.1) is 25.5 Å². The first-order valence-electron chi connectivity index (χ1n) is 9.30. The van der Waals surface area contributed by atoms with Gasteiger partial charge in [-0.2, -0.15) is 13.2 Å². The number of alkyl halides is 3. The van der Waals surface area contributed by atoms with Gasteiger partial charge in [0.15, 0.2) is 11.6 Å². The highest BCUT2D eigenvalue weighted by Gasteiger charge is 2.35. The molecule has 1 heterocycles. The summed E-state index contributed by atoms with van der Waals surface area (Å²) in [4.78, 5) is 27.8. The standard InChI is InChI=1S/C22H16F5N3O3/c1-10-13(22(25,26)27)4-7-17(33-16-8-5-14(23)19(24)11(16)2)18(10)21(32)30-12-3-6-15(20(28)31)29-9-12/h3-9H,1-2H3,(H2,28,31)(H,30,32). The van der Waals surface area contributed by atoms with Crippen molar-refractivity contribution in [3.05, 3.63) is 82.2 Å². The van der Waals surface area contributed by atoms with E-state index < -0.39 is 46.3 Å². The van der Waals surface area contributed by atoms with Crippen LogP contribution >= 0.6 is 0 Å². The van der Waals surface area contributed by atoms with Crippen LogP contribution in [-0.2, 0) is 6.18 Å². The molecule has 11 heteroatoms. The lowest BCUT2D eigenvalue weighted by Crippen LogP contribution is -2.19. The summed E-state index contributed by atoms with van der Waals surface area (Å²) in [5.74, 6) is -4.61. The van der Waals surface area contributed by atoms with Crippen molar-refractivity contribution in [2.45, 2.75) is 20.0 Å². The number of nitrogens with zero attached hydrogens (tertiary/aromatic N) is 1. The lowest BCUT2D eigenvalue weighted by molar-refractivity contribution is -0.138. The maximum absolute atomic E-state index is 13.9.